The number of allylic oxidation sites excluding steroid dienone is 8. The van der Waals surface area contributed by atoms with E-state index in [1.54, 1.807) is 0 Å². The van der Waals surface area contributed by atoms with Crippen molar-refractivity contribution in [1.29, 1.82) is 0 Å². The predicted octanol–water partition coefficient (Wildman–Crippen LogP) is 7.05. The van der Waals surface area contributed by atoms with Crippen molar-refractivity contribution in [2.45, 2.75) is 64.6 Å². The molecule has 0 rings (SSSR count). The van der Waals surface area contributed by atoms with Gasteiger partial charge in [-0.05, 0) is 32.1 Å². The maximum absolute atomic E-state index is 5.36. The molecule has 0 aromatic carbocycles. The number of unbranched alkanes of at least 4 members (excludes halogenated alkanes) is 1. The SMILES string of the molecule is CCC=CCC(C=CC=CCC=CC=CC(CC=CCCC)OP)OP. The van der Waals surface area contributed by atoms with Crippen LogP contribution in [-0.4, -0.2) is 12.2 Å². The van der Waals surface area contributed by atoms with E-state index in [-0.39, 0.29) is 12.2 Å². The van der Waals surface area contributed by atoms with E-state index in [4.69, 9.17) is 9.05 Å². The van der Waals surface area contributed by atoms with E-state index >= 15 is 0 Å². The molecular weight excluding hydrogens is 358 g/mol. The van der Waals surface area contributed by atoms with Gasteiger partial charge in [-0.3, -0.25) is 0 Å². The molecule has 0 radical (unpaired) electrons. The highest BCUT2D eigenvalue weighted by Crippen LogP contribution is 2.08. The smallest absolute Gasteiger partial charge is 0.0828 e. The van der Waals surface area contributed by atoms with E-state index in [2.05, 4.69) is 93.5 Å². The summed E-state index contributed by atoms with van der Waals surface area (Å²) < 4.78 is 10.7. The minimum Gasteiger partial charge on any atom is -0.358 e. The Morgan fingerprint density at radius 3 is 1.69 bits per heavy atom. The Kier molecular flexibility index (Phi) is 19.9. The molecule has 0 fully saturated rings. The summed E-state index contributed by atoms with van der Waals surface area (Å²) in [5.41, 5.74) is 0. The van der Waals surface area contributed by atoms with Crippen molar-refractivity contribution in [2.75, 3.05) is 0 Å². The molecule has 0 amide bonds. The molecule has 0 heterocycles. The highest BCUT2D eigenvalue weighted by atomic mass is 31.0. The Balaban J connectivity index is 4.07. The summed E-state index contributed by atoms with van der Waals surface area (Å²) in [6, 6.07) is 0. The topological polar surface area (TPSA) is 18.5 Å². The van der Waals surface area contributed by atoms with Crippen LogP contribution in [-0.2, 0) is 9.05 Å². The molecule has 0 aliphatic rings. The second-order valence-corrected chi connectivity index (χ2v) is 6.37. The lowest BCUT2D eigenvalue weighted by molar-refractivity contribution is 0.298. The molecule has 2 nitrogen and oxygen atoms in total. The maximum Gasteiger partial charge on any atom is 0.0828 e. The summed E-state index contributed by atoms with van der Waals surface area (Å²) in [7, 11) is 4.69. The Morgan fingerprint density at radius 2 is 1.23 bits per heavy atom. The first-order valence-electron chi connectivity index (χ1n) is 9.46. The van der Waals surface area contributed by atoms with Crippen LogP contribution in [0.2, 0.25) is 0 Å². The summed E-state index contributed by atoms with van der Waals surface area (Å²) in [5, 5.41) is 0. The van der Waals surface area contributed by atoms with Gasteiger partial charge >= 0.3 is 0 Å². The number of hydrogen-bond acceptors (Lipinski definition) is 2. The minimum absolute atomic E-state index is 0.112. The van der Waals surface area contributed by atoms with Crippen molar-refractivity contribution >= 4 is 18.9 Å². The Bertz CT molecular complexity index is 477. The maximum atomic E-state index is 5.36. The van der Waals surface area contributed by atoms with Gasteiger partial charge in [0, 0.05) is 18.9 Å². The first kappa shape index (κ1) is 25.2. The molecule has 4 unspecified atom stereocenters. The number of hydrogen-bond donors (Lipinski definition) is 0. The van der Waals surface area contributed by atoms with E-state index in [1.165, 1.54) is 6.42 Å². The van der Waals surface area contributed by atoms with Crippen molar-refractivity contribution in [3.05, 3.63) is 72.9 Å². The Hall–Kier alpha value is -0.780. The zero-order valence-corrected chi connectivity index (χ0v) is 18.6. The third kappa shape index (κ3) is 16.7. The first-order valence-corrected chi connectivity index (χ1v) is 10.4. The fourth-order valence-electron chi connectivity index (χ4n) is 2.04. The summed E-state index contributed by atoms with van der Waals surface area (Å²) in [4.78, 5) is 0. The van der Waals surface area contributed by atoms with Crippen molar-refractivity contribution in [3.8, 4) is 0 Å². The van der Waals surface area contributed by atoms with Crippen molar-refractivity contribution in [2.24, 2.45) is 0 Å². The van der Waals surface area contributed by atoms with Crippen molar-refractivity contribution < 1.29 is 9.05 Å². The molecule has 0 spiro atoms. The molecule has 0 aromatic heterocycles. The standard InChI is InChI=1S/C22H36O2P2/c1-3-5-7-14-18-22(24-26)20-16-12-10-8-9-11-15-19-21(23-25)17-13-6-4-2/h6-7,9-16,19-22H,3-5,8,17-18,25-26H2,1-2H3. The molecule has 146 valence electrons. The van der Waals surface area contributed by atoms with Crippen LogP contribution in [0.5, 0.6) is 0 Å². The zero-order valence-electron chi connectivity index (χ0n) is 16.3. The van der Waals surface area contributed by atoms with Gasteiger partial charge in [0.15, 0.2) is 0 Å². The van der Waals surface area contributed by atoms with E-state index in [0.717, 1.165) is 32.1 Å². The van der Waals surface area contributed by atoms with E-state index in [1.807, 2.05) is 12.2 Å². The molecule has 0 aliphatic carbocycles. The Morgan fingerprint density at radius 1 is 0.692 bits per heavy atom. The number of rotatable bonds is 15. The molecule has 0 saturated heterocycles. The monoisotopic (exact) mass is 394 g/mol. The largest absolute Gasteiger partial charge is 0.358 e. The lowest BCUT2D eigenvalue weighted by atomic mass is 10.2. The lowest BCUT2D eigenvalue weighted by Crippen LogP contribution is -2.00. The molecule has 0 N–H and O–H groups in total. The van der Waals surface area contributed by atoms with E-state index in [9.17, 15) is 0 Å². The van der Waals surface area contributed by atoms with Crippen LogP contribution in [0.3, 0.4) is 0 Å². The molecular formula is C22H36O2P2. The Labute approximate surface area is 165 Å². The van der Waals surface area contributed by atoms with Crippen molar-refractivity contribution in [3.63, 3.8) is 0 Å². The summed E-state index contributed by atoms with van der Waals surface area (Å²) in [6.45, 7) is 4.32. The van der Waals surface area contributed by atoms with Gasteiger partial charge in [0.1, 0.15) is 0 Å². The molecule has 4 atom stereocenters. The molecule has 0 aliphatic heterocycles. The van der Waals surface area contributed by atoms with Crippen molar-refractivity contribution in [1.82, 2.24) is 0 Å². The quantitative estimate of drug-likeness (QED) is 0.168. The van der Waals surface area contributed by atoms with Gasteiger partial charge in [-0.1, -0.05) is 93.2 Å². The molecule has 0 aromatic rings. The zero-order chi connectivity index (χ0) is 19.3. The highest BCUT2D eigenvalue weighted by molar-refractivity contribution is 7.10. The minimum atomic E-state index is 0.112. The van der Waals surface area contributed by atoms with Crippen LogP contribution in [0.1, 0.15) is 52.4 Å². The normalized spacial score (nSPS) is 15.7. The highest BCUT2D eigenvalue weighted by Gasteiger charge is 1.98. The molecule has 26 heavy (non-hydrogen) atoms. The third-order valence-electron chi connectivity index (χ3n) is 3.53. The van der Waals surface area contributed by atoms with Gasteiger partial charge < -0.3 is 9.05 Å². The average molecular weight is 394 g/mol. The van der Waals surface area contributed by atoms with Gasteiger partial charge in [0.25, 0.3) is 0 Å². The fraction of sp³-hybridized carbons (Fsp3) is 0.455. The average Bonchev–Trinajstić information content (AvgIpc) is 2.66. The van der Waals surface area contributed by atoms with E-state index in [0.29, 0.717) is 0 Å². The van der Waals surface area contributed by atoms with Crippen LogP contribution in [0.25, 0.3) is 0 Å². The lowest BCUT2D eigenvalue weighted by Gasteiger charge is -2.06. The summed E-state index contributed by atoms with van der Waals surface area (Å²) in [6.07, 6.45) is 31.6. The van der Waals surface area contributed by atoms with Gasteiger partial charge in [-0.15, -0.1) is 0 Å². The van der Waals surface area contributed by atoms with Crippen LogP contribution in [0.4, 0.5) is 0 Å². The van der Waals surface area contributed by atoms with Gasteiger partial charge in [-0.2, -0.15) is 0 Å². The fourth-order valence-corrected chi connectivity index (χ4v) is 2.44. The van der Waals surface area contributed by atoms with Gasteiger partial charge in [-0.25, -0.2) is 0 Å². The molecule has 0 saturated carbocycles. The van der Waals surface area contributed by atoms with E-state index < -0.39 is 0 Å². The van der Waals surface area contributed by atoms with Gasteiger partial charge in [0.05, 0.1) is 12.2 Å². The summed E-state index contributed by atoms with van der Waals surface area (Å²) in [5.74, 6) is 0. The van der Waals surface area contributed by atoms with Crippen LogP contribution in [0.15, 0.2) is 72.9 Å². The summed E-state index contributed by atoms with van der Waals surface area (Å²) >= 11 is 0. The van der Waals surface area contributed by atoms with Crippen LogP contribution < -0.4 is 0 Å². The molecule has 0 bridgehead atoms. The van der Waals surface area contributed by atoms with Crippen LogP contribution >= 0.6 is 18.9 Å². The molecule has 4 heteroatoms. The first-order chi connectivity index (χ1) is 12.8. The second kappa shape index (κ2) is 20.5. The van der Waals surface area contributed by atoms with Crippen LogP contribution in [0, 0.1) is 0 Å². The predicted molar refractivity (Wildman–Crippen MR) is 123 cm³/mol. The third-order valence-corrected chi connectivity index (χ3v) is 4.23. The second-order valence-electron chi connectivity index (χ2n) is 5.82. The van der Waals surface area contributed by atoms with Gasteiger partial charge in [0.2, 0.25) is 0 Å².